The molecule has 0 radical (unpaired) electrons. The van der Waals surface area contributed by atoms with E-state index in [1.54, 1.807) is 31.0 Å². The van der Waals surface area contributed by atoms with Gasteiger partial charge >= 0.3 is 6.09 Å². The van der Waals surface area contributed by atoms with Gasteiger partial charge in [0.25, 0.3) is 0 Å². The van der Waals surface area contributed by atoms with Crippen molar-refractivity contribution in [3.63, 3.8) is 0 Å². The van der Waals surface area contributed by atoms with Crippen molar-refractivity contribution >= 4 is 34.7 Å². The van der Waals surface area contributed by atoms with E-state index in [0.717, 1.165) is 47.4 Å². The van der Waals surface area contributed by atoms with Crippen LogP contribution in [-0.2, 0) is 4.74 Å². The molecule has 2 aromatic heterocycles. The number of nitrogens with zero attached hydrogens (tertiary/aromatic N) is 7. The smallest absolute Gasteiger partial charge is 0.410 e. The molecule has 1 amide bonds. The van der Waals surface area contributed by atoms with Gasteiger partial charge in [-0.1, -0.05) is 6.07 Å². The standard InChI is InChI=1S/C24H27N7O2/c1-23(2,3)33-22(32)31-11-10-30(16-24(31)6-7-24)21-15-29-28-14-20(21)27-13-17-4-5-18-19(12-17)26-9-8-25-18/h4-5,8-9,12-15H,6-7,10-11,16H2,1-3H3/b27-13+. The number of fused-ring (bicyclic) bond motifs is 1. The molecule has 1 saturated carbocycles. The lowest BCUT2D eigenvalue weighted by Crippen LogP contribution is -2.58. The Morgan fingerprint density at radius 2 is 1.85 bits per heavy atom. The van der Waals surface area contributed by atoms with Crippen LogP contribution in [0.3, 0.4) is 0 Å². The Kier molecular flexibility index (Phi) is 5.19. The van der Waals surface area contributed by atoms with E-state index >= 15 is 0 Å². The molecule has 5 rings (SSSR count). The van der Waals surface area contributed by atoms with Gasteiger partial charge in [0.2, 0.25) is 0 Å². The molecule has 1 aliphatic heterocycles. The zero-order chi connectivity index (χ0) is 23.1. The van der Waals surface area contributed by atoms with Gasteiger partial charge in [0.1, 0.15) is 11.3 Å². The highest BCUT2D eigenvalue weighted by atomic mass is 16.6. The van der Waals surface area contributed by atoms with Crippen LogP contribution in [0.15, 0.2) is 48.0 Å². The average Bonchev–Trinajstić information content (AvgIpc) is 3.55. The summed E-state index contributed by atoms with van der Waals surface area (Å²) in [5, 5.41) is 8.14. The third-order valence-electron chi connectivity index (χ3n) is 5.97. The average molecular weight is 446 g/mol. The summed E-state index contributed by atoms with van der Waals surface area (Å²) in [7, 11) is 0. The van der Waals surface area contributed by atoms with Crippen LogP contribution >= 0.6 is 0 Å². The topological polar surface area (TPSA) is 96.7 Å². The summed E-state index contributed by atoms with van der Waals surface area (Å²) in [6.45, 7) is 7.71. The van der Waals surface area contributed by atoms with Gasteiger partial charge in [-0.2, -0.15) is 10.2 Å². The highest BCUT2D eigenvalue weighted by Gasteiger charge is 2.54. The molecule has 1 saturated heterocycles. The van der Waals surface area contributed by atoms with Crippen molar-refractivity contribution in [2.24, 2.45) is 4.99 Å². The SMILES string of the molecule is CC(C)(C)OC(=O)N1CCN(c2cnncc2/N=C/c2ccc3nccnc3c2)CC12CC2. The van der Waals surface area contributed by atoms with Crippen LogP contribution in [0.25, 0.3) is 11.0 Å². The Morgan fingerprint density at radius 3 is 2.61 bits per heavy atom. The molecule has 1 spiro atoms. The Balaban J connectivity index is 1.35. The first-order chi connectivity index (χ1) is 15.8. The summed E-state index contributed by atoms with van der Waals surface area (Å²) in [6.07, 6.45) is 10.3. The van der Waals surface area contributed by atoms with Gasteiger partial charge in [-0.15, -0.1) is 0 Å². The Hall–Kier alpha value is -3.62. The molecule has 3 heterocycles. The molecular formula is C24H27N7O2. The summed E-state index contributed by atoms with van der Waals surface area (Å²) >= 11 is 0. The van der Waals surface area contributed by atoms with Crippen LogP contribution in [0.2, 0.25) is 0 Å². The number of aromatic nitrogens is 4. The molecule has 2 fully saturated rings. The van der Waals surface area contributed by atoms with Gasteiger partial charge in [0, 0.05) is 38.2 Å². The largest absolute Gasteiger partial charge is 0.444 e. The first-order valence-corrected chi connectivity index (χ1v) is 11.1. The Morgan fingerprint density at radius 1 is 1.09 bits per heavy atom. The molecule has 0 bridgehead atoms. The fraction of sp³-hybridized carbons (Fsp3) is 0.417. The zero-order valence-electron chi connectivity index (χ0n) is 19.1. The number of carbonyl (C=O) groups excluding carboxylic acids is 1. The molecule has 33 heavy (non-hydrogen) atoms. The number of carbonyl (C=O) groups is 1. The number of hydrogen-bond donors (Lipinski definition) is 0. The lowest BCUT2D eigenvalue weighted by molar-refractivity contribution is 0.0107. The molecule has 0 N–H and O–H groups in total. The fourth-order valence-corrected chi connectivity index (χ4v) is 4.21. The van der Waals surface area contributed by atoms with Crippen LogP contribution in [-0.4, -0.2) is 68.1 Å². The van der Waals surface area contributed by atoms with Crippen molar-refractivity contribution in [2.75, 3.05) is 24.5 Å². The minimum atomic E-state index is -0.504. The lowest BCUT2D eigenvalue weighted by atomic mass is 10.1. The number of rotatable bonds is 3. The van der Waals surface area contributed by atoms with Crippen molar-refractivity contribution in [1.29, 1.82) is 0 Å². The molecule has 0 unspecified atom stereocenters. The molecule has 3 aromatic rings. The normalized spacial score (nSPS) is 17.7. The molecular weight excluding hydrogens is 418 g/mol. The van der Waals surface area contributed by atoms with E-state index in [4.69, 9.17) is 9.73 Å². The van der Waals surface area contributed by atoms with Crippen LogP contribution in [0, 0.1) is 0 Å². The first-order valence-electron chi connectivity index (χ1n) is 11.1. The molecule has 1 aromatic carbocycles. The van der Waals surface area contributed by atoms with Crippen molar-refractivity contribution < 1.29 is 9.53 Å². The molecule has 9 heteroatoms. The molecule has 1 aliphatic carbocycles. The van der Waals surface area contributed by atoms with Gasteiger partial charge in [-0.25, -0.2) is 4.79 Å². The van der Waals surface area contributed by atoms with E-state index in [-0.39, 0.29) is 11.6 Å². The summed E-state index contributed by atoms with van der Waals surface area (Å²) in [5.74, 6) is 0. The van der Waals surface area contributed by atoms with Crippen molar-refractivity contribution in [3.8, 4) is 0 Å². The minimum Gasteiger partial charge on any atom is -0.444 e. The second-order valence-electron chi connectivity index (χ2n) is 9.60. The molecule has 9 nitrogen and oxygen atoms in total. The summed E-state index contributed by atoms with van der Waals surface area (Å²) in [4.78, 5) is 30.3. The number of amides is 1. The van der Waals surface area contributed by atoms with Crippen molar-refractivity contribution in [3.05, 3.63) is 48.5 Å². The van der Waals surface area contributed by atoms with Gasteiger partial charge < -0.3 is 9.64 Å². The predicted molar refractivity (Wildman–Crippen MR) is 126 cm³/mol. The summed E-state index contributed by atoms with van der Waals surface area (Å²) < 4.78 is 5.65. The van der Waals surface area contributed by atoms with E-state index in [2.05, 4.69) is 25.1 Å². The summed E-state index contributed by atoms with van der Waals surface area (Å²) in [6, 6.07) is 5.86. The van der Waals surface area contributed by atoms with Crippen LogP contribution < -0.4 is 4.90 Å². The van der Waals surface area contributed by atoms with Crippen molar-refractivity contribution in [1.82, 2.24) is 25.1 Å². The summed E-state index contributed by atoms with van der Waals surface area (Å²) in [5.41, 5.74) is 3.57. The Labute approximate surface area is 192 Å². The Bertz CT molecular complexity index is 1220. The van der Waals surface area contributed by atoms with E-state index < -0.39 is 5.60 Å². The number of aliphatic imine (C=N–C) groups is 1. The number of ether oxygens (including phenoxy) is 1. The quantitative estimate of drug-likeness (QED) is 0.566. The maximum atomic E-state index is 12.8. The third kappa shape index (κ3) is 4.48. The highest BCUT2D eigenvalue weighted by Crippen LogP contribution is 2.46. The number of piperazine rings is 1. The second kappa shape index (κ2) is 8.06. The minimum absolute atomic E-state index is 0.179. The van der Waals surface area contributed by atoms with Crippen LogP contribution in [0.1, 0.15) is 39.2 Å². The van der Waals surface area contributed by atoms with Gasteiger partial charge in [-0.05, 0) is 51.3 Å². The molecule has 170 valence electrons. The maximum Gasteiger partial charge on any atom is 0.410 e. The zero-order valence-corrected chi connectivity index (χ0v) is 19.1. The fourth-order valence-electron chi connectivity index (χ4n) is 4.21. The third-order valence-corrected chi connectivity index (χ3v) is 5.97. The van der Waals surface area contributed by atoms with E-state index in [0.29, 0.717) is 13.1 Å². The first kappa shape index (κ1) is 21.2. The monoisotopic (exact) mass is 445 g/mol. The molecule has 2 aliphatic rings. The molecule has 0 atom stereocenters. The van der Waals surface area contributed by atoms with Gasteiger partial charge in [0.05, 0.1) is 34.7 Å². The van der Waals surface area contributed by atoms with Gasteiger partial charge in [-0.3, -0.25) is 19.9 Å². The van der Waals surface area contributed by atoms with Crippen LogP contribution in [0.5, 0.6) is 0 Å². The number of anilines is 1. The second-order valence-corrected chi connectivity index (χ2v) is 9.60. The van der Waals surface area contributed by atoms with E-state index in [1.165, 1.54) is 0 Å². The highest BCUT2D eigenvalue weighted by molar-refractivity contribution is 5.89. The van der Waals surface area contributed by atoms with Crippen LogP contribution in [0.4, 0.5) is 16.2 Å². The van der Waals surface area contributed by atoms with E-state index in [9.17, 15) is 4.79 Å². The maximum absolute atomic E-state index is 12.8. The van der Waals surface area contributed by atoms with E-state index in [1.807, 2.05) is 43.9 Å². The van der Waals surface area contributed by atoms with Gasteiger partial charge in [0.15, 0.2) is 0 Å². The number of benzene rings is 1. The lowest BCUT2D eigenvalue weighted by Gasteiger charge is -2.43. The predicted octanol–water partition coefficient (Wildman–Crippen LogP) is 3.76. The number of hydrogen-bond acceptors (Lipinski definition) is 8. The van der Waals surface area contributed by atoms with Crippen molar-refractivity contribution in [2.45, 2.75) is 44.8 Å².